The SMILES string of the molecule is CCOC(=O)CCc1ccc2c(c1C)N(c1cccc3c1CCN(C(=O)C1(c4ccccc4)CC1)C3)NN2C. The van der Waals surface area contributed by atoms with Crippen molar-refractivity contribution in [1.82, 2.24) is 10.4 Å². The second-order valence-corrected chi connectivity index (χ2v) is 10.9. The Bertz CT molecular complexity index is 1420. The van der Waals surface area contributed by atoms with Crippen molar-refractivity contribution >= 4 is 28.9 Å². The minimum absolute atomic E-state index is 0.166. The molecule has 0 radical (unpaired) electrons. The van der Waals surface area contributed by atoms with Gasteiger partial charge in [0.05, 0.1) is 29.1 Å². The predicted molar refractivity (Wildman–Crippen MR) is 153 cm³/mol. The van der Waals surface area contributed by atoms with Crippen LogP contribution in [0.2, 0.25) is 0 Å². The lowest BCUT2D eigenvalue weighted by atomic mass is 9.91. The molecular formula is C32H36N4O3. The van der Waals surface area contributed by atoms with E-state index in [0.717, 1.165) is 53.0 Å². The number of fused-ring (bicyclic) bond motifs is 2. The molecule has 1 aliphatic carbocycles. The maximum atomic E-state index is 13.7. The second kappa shape index (κ2) is 10.0. The molecule has 1 saturated carbocycles. The number of carbonyl (C=O) groups excluding carboxylic acids is 2. The Morgan fingerprint density at radius 1 is 1.00 bits per heavy atom. The number of nitrogens with zero attached hydrogens (tertiary/aromatic N) is 3. The molecule has 0 bridgehead atoms. The van der Waals surface area contributed by atoms with Gasteiger partial charge in [-0.2, -0.15) is 0 Å². The highest BCUT2D eigenvalue weighted by molar-refractivity contribution is 5.92. The quantitative estimate of drug-likeness (QED) is 0.433. The van der Waals surface area contributed by atoms with E-state index in [1.54, 1.807) is 0 Å². The summed E-state index contributed by atoms with van der Waals surface area (Å²) in [6.45, 7) is 5.71. The molecule has 2 aliphatic heterocycles. The van der Waals surface area contributed by atoms with Crippen molar-refractivity contribution in [1.29, 1.82) is 0 Å². The highest BCUT2D eigenvalue weighted by Gasteiger charge is 2.53. The summed E-state index contributed by atoms with van der Waals surface area (Å²) in [5.74, 6) is 0.0946. The van der Waals surface area contributed by atoms with Crippen LogP contribution in [-0.2, 0) is 39.1 Å². The Labute approximate surface area is 230 Å². The van der Waals surface area contributed by atoms with Crippen molar-refractivity contribution in [2.24, 2.45) is 0 Å². The highest BCUT2D eigenvalue weighted by Crippen LogP contribution is 2.50. The van der Waals surface area contributed by atoms with Gasteiger partial charge in [0.15, 0.2) is 0 Å². The maximum absolute atomic E-state index is 13.7. The Kier molecular flexibility index (Phi) is 6.55. The van der Waals surface area contributed by atoms with Crippen molar-refractivity contribution in [3.05, 3.63) is 88.5 Å². The zero-order valence-electron chi connectivity index (χ0n) is 23.0. The fourth-order valence-corrected chi connectivity index (χ4v) is 6.23. The van der Waals surface area contributed by atoms with Gasteiger partial charge >= 0.3 is 5.97 Å². The molecule has 1 N–H and O–H groups in total. The van der Waals surface area contributed by atoms with Crippen LogP contribution in [0.4, 0.5) is 17.1 Å². The van der Waals surface area contributed by atoms with Gasteiger partial charge in [-0.25, -0.2) is 0 Å². The number of ether oxygens (including phenoxy) is 1. The standard InChI is InChI=1S/C32H36N4O3/c1-4-39-29(37)16-14-23-13-15-28-30(22(23)2)36(33-34(28)3)27-12-8-9-24-21-35(20-17-26(24)27)31(38)32(18-19-32)25-10-6-5-7-11-25/h5-13,15,33H,4,14,16-21H2,1-3H3. The van der Waals surface area contributed by atoms with Crippen LogP contribution in [0.1, 0.15) is 54.0 Å². The minimum Gasteiger partial charge on any atom is -0.466 e. The molecule has 6 rings (SSSR count). The van der Waals surface area contributed by atoms with Gasteiger partial charge in [-0.3, -0.25) is 19.6 Å². The van der Waals surface area contributed by atoms with Crippen molar-refractivity contribution in [2.75, 3.05) is 30.2 Å². The first-order valence-corrected chi connectivity index (χ1v) is 14.0. The molecule has 3 aromatic rings. The normalized spacial score (nSPS) is 17.1. The summed E-state index contributed by atoms with van der Waals surface area (Å²) in [6, 6.07) is 20.9. The maximum Gasteiger partial charge on any atom is 0.306 e. The van der Waals surface area contributed by atoms with Crippen LogP contribution in [0, 0.1) is 6.92 Å². The third-order valence-electron chi connectivity index (χ3n) is 8.52. The van der Waals surface area contributed by atoms with Crippen molar-refractivity contribution in [3.63, 3.8) is 0 Å². The van der Waals surface area contributed by atoms with Crippen molar-refractivity contribution < 1.29 is 14.3 Å². The third-order valence-corrected chi connectivity index (χ3v) is 8.52. The van der Waals surface area contributed by atoms with Gasteiger partial charge in [-0.15, -0.1) is 5.53 Å². The molecule has 1 amide bonds. The van der Waals surface area contributed by atoms with Crippen LogP contribution >= 0.6 is 0 Å². The molecule has 202 valence electrons. The largest absolute Gasteiger partial charge is 0.466 e. The molecule has 3 aromatic carbocycles. The average molecular weight is 525 g/mol. The van der Waals surface area contributed by atoms with Gasteiger partial charge in [0.25, 0.3) is 0 Å². The van der Waals surface area contributed by atoms with Gasteiger partial charge in [-0.1, -0.05) is 48.5 Å². The van der Waals surface area contributed by atoms with E-state index in [2.05, 4.69) is 64.8 Å². The summed E-state index contributed by atoms with van der Waals surface area (Å²) in [6.07, 6.45) is 3.67. The molecule has 7 heteroatoms. The zero-order valence-corrected chi connectivity index (χ0v) is 23.0. The van der Waals surface area contributed by atoms with E-state index < -0.39 is 0 Å². The Morgan fingerprint density at radius 2 is 1.79 bits per heavy atom. The molecule has 2 heterocycles. The van der Waals surface area contributed by atoms with Gasteiger partial charge in [0.1, 0.15) is 0 Å². The van der Waals surface area contributed by atoms with E-state index in [1.165, 1.54) is 11.1 Å². The number of hydrazine groups is 2. The molecule has 1 fully saturated rings. The number of anilines is 3. The lowest BCUT2D eigenvalue weighted by Gasteiger charge is -2.34. The molecule has 0 saturated heterocycles. The third kappa shape index (κ3) is 4.44. The molecule has 39 heavy (non-hydrogen) atoms. The van der Waals surface area contributed by atoms with E-state index in [1.807, 2.05) is 37.2 Å². The number of benzene rings is 3. The fraction of sp³-hybridized carbons (Fsp3) is 0.375. The molecule has 0 spiro atoms. The second-order valence-electron chi connectivity index (χ2n) is 10.9. The fourth-order valence-electron chi connectivity index (χ4n) is 6.23. The number of amides is 1. The molecule has 0 unspecified atom stereocenters. The number of rotatable bonds is 7. The van der Waals surface area contributed by atoms with E-state index in [-0.39, 0.29) is 17.3 Å². The number of carbonyl (C=O) groups is 2. The molecule has 7 nitrogen and oxygen atoms in total. The van der Waals surface area contributed by atoms with Gasteiger partial charge in [-0.05, 0) is 79.5 Å². The van der Waals surface area contributed by atoms with Crippen LogP contribution < -0.4 is 15.6 Å². The Morgan fingerprint density at radius 3 is 2.54 bits per heavy atom. The summed E-state index contributed by atoms with van der Waals surface area (Å²) in [5, 5.41) is 4.20. The van der Waals surface area contributed by atoms with E-state index in [4.69, 9.17) is 4.74 Å². The van der Waals surface area contributed by atoms with Gasteiger partial charge in [0.2, 0.25) is 5.91 Å². The number of aryl methyl sites for hydroxylation is 1. The summed E-state index contributed by atoms with van der Waals surface area (Å²) in [7, 11) is 2.02. The van der Waals surface area contributed by atoms with Gasteiger partial charge in [0, 0.05) is 26.6 Å². The summed E-state index contributed by atoms with van der Waals surface area (Å²) in [5.41, 5.74) is 12.4. The van der Waals surface area contributed by atoms with Crippen molar-refractivity contribution in [3.8, 4) is 0 Å². The lowest BCUT2D eigenvalue weighted by Crippen LogP contribution is -2.43. The van der Waals surface area contributed by atoms with E-state index in [9.17, 15) is 9.59 Å². The van der Waals surface area contributed by atoms with Crippen LogP contribution in [0.3, 0.4) is 0 Å². The van der Waals surface area contributed by atoms with Crippen LogP contribution in [0.5, 0.6) is 0 Å². The smallest absolute Gasteiger partial charge is 0.306 e. The molecular weight excluding hydrogens is 488 g/mol. The highest BCUT2D eigenvalue weighted by atomic mass is 16.5. The molecule has 3 aliphatic rings. The summed E-state index contributed by atoms with van der Waals surface area (Å²) in [4.78, 5) is 27.8. The van der Waals surface area contributed by atoms with Gasteiger partial charge < -0.3 is 9.64 Å². The monoisotopic (exact) mass is 524 g/mol. The summed E-state index contributed by atoms with van der Waals surface area (Å²) < 4.78 is 5.14. The first-order valence-electron chi connectivity index (χ1n) is 14.0. The van der Waals surface area contributed by atoms with Crippen molar-refractivity contribution in [2.45, 2.75) is 57.9 Å². The van der Waals surface area contributed by atoms with Crippen LogP contribution in [-0.4, -0.2) is 37.0 Å². The number of hydrogen-bond donors (Lipinski definition) is 1. The first kappa shape index (κ1) is 25.4. The topological polar surface area (TPSA) is 65.1 Å². The minimum atomic E-state index is -0.342. The van der Waals surface area contributed by atoms with E-state index in [0.29, 0.717) is 32.5 Å². The average Bonchev–Trinajstić information content (AvgIpc) is 3.70. The number of nitrogens with one attached hydrogen (secondary N) is 1. The van der Waals surface area contributed by atoms with Crippen LogP contribution in [0.15, 0.2) is 60.7 Å². The molecule has 0 atom stereocenters. The zero-order chi connectivity index (χ0) is 27.1. The Balaban J connectivity index is 1.27. The summed E-state index contributed by atoms with van der Waals surface area (Å²) >= 11 is 0. The van der Waals surface area contributed by atoms with E-state index >= 15 is 0 Å². The Hall–Kier alpha value is -3.84. The first-order chi connectivity index (χ1) is 18.9. The van der Waals surface area contributed by atoms with Crippen LogP contribution in [0.25, 0.3) is 0 Å². The molecule has 0 aromatic heterocycles. The lowest BCUT2D eigenvalue weighted by molar-refractivity contribution is -0.143. The number of esters is 1. The number of hydrogen-bond acceptors (Lipinski definition) is 6. The predicted octanol–water partition coefficient (Wildman–Crippen LogP) is 5.11.